The summed E-state index contributed by atoms with van der Waals surface area (Å²) in [4.78, 5) is 11.8. The topological polar surface area (TPSA) is 38.3 Å². The number of ether oxygens (including phenoxy) is 1. The summed E-state index contributed by atoms with van der Waals surface area (Å²) >= 11 is 0. The van der Waals surface area contributed by atoms with Crippen LogP contribution in [0.4, 0.5) is 0 Å². The molecule has 1 unspecified atom stereocenters. The first-order valence-electron chi connectivity index (χ1n) is 6.41. The van der Waals surface area contributed by atoms with Crippen molar-refractivity contribution in [2.75, 3.05) is 7.11 Å². The zero-order valence-corrected chi connectivity index (χ0v) is 11.5. The Kier molecular flexibility index (Phi) is 3.09. The lowest BCUT2D eigenvalue weighted by atomic mass is 9.66. The van der Waals surface area contributed by atoms with Crippen LogP contribution in [0.25, 0.3) is 0 Å². The van der Waals surface area contributed by atoms with Crippen molar-refractivity contribution < 1.29 is 9.53 Å². The van der Waals surface area contributed by atoms with Gasteiger partial charge in [-0.05, 0) is 38.0 Å². The molecule has 3 nitrogen and oxygen atoms in total. The minimum absolute atomic E-state index is 0.129. The molecule has 1 aromatic carbocycles. The SMILES string of the molecule is CCC1(c2ccc(OC)cc2)CC(=O)NC1(C)C. The van der Waals surface area contributed by atoms with E-state index in [-0.39, 0.29) is 16.9 Å². The number of carbonyl (C=O) groups is 1. The molecule has 0 saturated carbocycles. The van der Waals surface area contributed by atoms with Gasteiger partial charge in [-0.25, -0.2) is 0 Å². The van der Waals surface area contributed by atoms with Crippen molar-refractivity contribution in [1.29, 1.82) is 0 Å². The molecule has 0 aromatic heterocycles. The van der Waals surface area contributed by atoms with E-state index in [4.69, 9.17) is 4.74 Å². The first-order valence-corrected chi connectivity index (χ1v) is 6.41. The molecule has 1 atom stereocenters. The van der Waals surface area contributed by atoms with Gasteiger partial charge in [0.2, 0.25) is 5.91 Å². The van der Waals surface area contributed by atoms with Gasteiger partial charge < -0.3 is 10.1 Å². The highest BCUT2D eigenvalue weighted by molar-refractivity contribution is 5.82. The summed E-state index contributed by atoms with van der Waals surface area (Å²) in [6.07, 6.45) is 1.49. The highest BCUT2D eigenvalue weighted by Crippen LogP contribution is 2.45. The lowest BCUT2D eigenvalue weighted by Gasteiger charge is -2.40. The molecular weight excluding hydrogens is 226 g/mol. The van der Waals surface area contributed by atoms with Crippen molar-refractivity contribution in [3.05, 3.63) is 29.8 Å². The van der Waals surface area contributed by atoms with Crippen molar-refractivity contribution in [2.45, 2.75) is 44.6 Å². The van der Waals surface area contributed by atoms with E-state index in [0.717, 1.165) is 12.2 Å². The molecule has 0 bridgehead atoms. The van der Waals surface area contributed by atoms with Crippen LogP contribution in [0.5, 0.6) is 5.75 Å². The first-order chi connectivity index (χ1) is 8.45. The summed E-state index contributed by atoms with van der Waals surface area (Å²) in [6.45, 7) is 6.35. The summed E-state index contributed by atoms with van der Waals surface area (Å²) in [5.41, 5.74) is 0.859. The molecule has 3 heteroatoms. The number of methoxy groups -OCH3 is 1. The van der Waals surface area contributed by atoms with E-state index >= 15 is 0 Å². The van der Waals surface area contributed by atoms with Gasteiger partial charge in [-0.2, -0.15) is 0 Å². The second-order valence-electron chi connectivity index (χ2n) is 5.51. The summed E-state index contributed by atoms with van der Waals surface area (Å²) in [5.74, 6) is 0.984. The molecule has 98 valence electrons. The largest absolute Gasteiger partial charge is 0.497 e. The zero-order chi connectivity index (χ0) is 13.4. The fraction of sp³-hybridized carbons (Fsp3) is 0.533. The van der Waals surface area contributed by atoms with Gasteiger partial charge in [0, 0.05) is 17.4 Å². The van der Waals surface area contributed by atoms with E-state index in [9.17, 15) is 4.79 Å². The molecule has 18 heavy (non-hydrogen) atoms. The zero-order valence-electron chi connectivity index (χ0n) is 11.5. The third kappa shape index (κ3) is 1.78. The van der Waals surface area contributed by atoms with Crippen molar-refractivity contribution in [1.82, 2.24) is 5.32 Å². The Morgan fingerprint density at radius 3 is 2.28 bits per heavy atom. The molecule has 0 radical (unpaired) electrons. The lowest BCUT2D eigenvalue weighted by Crippen LogP contribution is -2.49. The average molecular weight is 247 g/mol. The Labute approximate surface area is 109 Å². The van der Waals surface area contributed by atoms with Crippen molar-refractivity contribution in [2.24, 2.45) is 0 Å². The van der Waals surface area contributed by atoms with Crippen LogP contribution in [0.3, 0.4) is 0 Å². The summed E-state index contributed by atoms with van der Waals surface area (Å²) in [5, 5.41) is 3.09. The van der Waals surface area contributed by atoms with Crippen LogP contribution < -0.4 is 10.1 Å². The van der Waals surface area contributed by atoms with Crippen LogP contribution in [0.2, 0.25) is 0 Å². The molecule has 1 aliphatic heterocycles. The normalized spacial score (nSPS) is 25.9. The van der Waals surface area contributed by atoms with Gasteiger partial charge in [-0.15, -0.1) is 0 Å². The fourth-order valence-electron chi connectivity index (χ4n) is 3.15. The maximum absolute atomic E-state index is 11.8. The van der Waals surface area contributed by atoms with E-state index in [1.807, 2.05) is 12.1 Å². The fourth-order valence-corrected chi connectivity index (χ4v) is 3.15. The van der Waals surface area contributed by atoms with Gasteiger partial charge in [0.25, 0.3) is 0 Å². The maximum Gasteiger partial charge on any atom is 0.221 e. The molecule has 0 spiro atoms. The van der Waals surface area contributed by atoms with E-state index in [1.54, 1.807) is 7.11 Å². The molecule has 1 amide bonds. The number of carbonyl (C=O) groups excluding carboxylic acids is 1. The van der Waals surface area contributed by atoms with E-state index in [0.29, 0.717) is 6.42 Å². The number of benzene rings is 1. The highest BCUT2D eigenvalue weighted by Gasteiger charge is 2.52. The summed E-state index contributed by atoms with van der Waals surface area (Å²) in [7, 11) is 1.66. The number of hydrogen-bond donors (Lipinski definition) is 1. The standard InChI is InChI=1S/C15H21NO2/c1-5-15(10-13(17)16-14(15,2)3)11-6-8-12(18-4)9-7-11/h6-9H,5,10H2,1-4H3,(H,16,17). The molecule has 2 rings (SSSR count). The van der Waals surface area contributed by atoms with Crippen LogP contribution in [-0.2, 0) is 10.2 Å². The highest BCUT2D eigenvalue weighted by atomic mass is 16.5. The molecule has 1 aromatic rings. The minimum atomic E-state index is -0.215. The molecule has 1 aliphatic rings. The molecule has 1 heterocycles. The van der Waals surface area contributed by atoms with E-state index < -0.39 is 0 Å². The number of hydrogen-bond acceptors (Lipinski definition) is 2. The van der Waals surface area contributed by atoms with Crippen molar-refractivity contribution in [3.8, 4) is 5.75 Å². The van der Waals surface area contributed by atoms with Gasteiger partial charge >= 0.3 is 0 Å². The predicted octanol–water partition coefficient (Wildman–Crippen LogP) is 2.64. The predicted molar refractivity (Wildman–Crippen MR) is 71.8 cm³/mol. The number of rotatable bonds is 3. The molecular formula is C15H21NO2. The van der Waals surface area contributed by atoms with Gasteiger partial charge in [-0.1, -0.05) is 19.1 Å². The molecule has 1 fully saturated rings. The Morgan fingerprint density at radius 2 is 1.89 bits per heavy atom. The third-order valence-corrected chi connectivity index (χ3v) is 4.36. The number of amides is 1. The van der Waals surface area contributed by atoms with Crippen LogP contribution in [0.15, 0.2) is 24.3 Å². The Bertz CT molecular complexity index is 450. The van der Waals surface area contributed by atoms with Gasteiger partial charge in [0.1, 0.15) is 5.75 Å². The van der Waals surface area contributed by atoms with Gasteiger partial charge in [0.15, 0.2) is 0 Å². The first kappa shape index (κ1) is 12.9. The van der Waals surface area contributed by atoms with Crippen molar-refractivity contribution in [3.63, 3.8) is 0 Å². The Hall–Kier alpha value is -1.51. The summed E-state index contributed by atoms with van der Waals surface area (Å²) in [6, 6.07) is 8.08. The Balaban J connectivity index is 2.46. The lowest BCUT2D eigenvalue weighted by molar-refractivity contribution is -0.119. The molecule has 1 N–H and O–H groups in total. The molecule has 1 saturated heterocycles. The smallest absolute Gasteiger partial charge is 0.221 e. The minimum Gasteiger partial charge on any atom is -0.497 e. The average Bonchev–Trinajstić information content (AvgIpc) is 2.59. The van der Waals surface area contributed by atoms with Crippen molar-refractivity contribution >= 4 is 5.91 Å². The maximum atomic E-state index is 11.8. The Morgan fingerprint density at radius 1 is 1.28 bits per heavy atom. The molecule has 0 aliphatic carbocycles. The monoisotopic (exact) mass is 247 g/mol. The number of nitrogens with one attached hydrogen (secondary N) is 1. The van der Waals surface area contributed by atoms with Crippen LogP contribution in [0.1, 0.15) is 39.2 Å². The van der Waals surface area contributed by atoms with Crippen LogP contribution in [0, 0.1) is 0 Å². The van der Waals surface area contributed by atoms with Crippen LogP contribution in [-0.4, -0.2) is 18.6 Å². The van der Waals surface area contributed by atoms with E-state index in [2.05, 4.69) is 38.2 Å². The summed E-state index contributed by atoms with van der Waals surface area (Å²) < 4.78 is 5.19. The second-order valence-corrected chi connectivity index (χ2v) is 5.51. The van der Waals surface area contributed by atoms with Gasteiger partial charge in [0.05, 0.1) is 7.11 Å². The quantitative estimate of drug-likeness (QED) is 0.891. The second kappa shape index (κ2) is 4.30. The van der Waals surface area contributed by atoms with Gasteiger partial charge in [-0.3, -0.25) is 4.79 Å². The third-order valence-electron chi connectivity index (χ3n) is 4.36. The van der Waals surface area contributed by atoms with E-state index in [1.165, 1.54) is 5.56 Å². The van der Waals surface area contributed by atoms with Crippen LogP contribution >= 0.6 is 0 Å².